The summed E-state index contributed by atoms with van der Waals surface area (Å²) in [5.74, 6) is 1.54. The van der Waals surface area contributed by atoms with Crippen LogP contribution in [0.4, 0.5) is 0 Å². The highest BCUT2D eigenvalue weighted by Crippen LogP contribution is 2.26. The van der Waals surface area contributed by atoms with Crippen molar-refractivity contribution in [3.8, 4) is 5.75 Å². The molecule has 1 rings (SSSR count). The van der Waals surface area contributed by atoms with Crippen molar-refractivity contribution >= 4 is 12.4 Å². The summed E-state index contributed by atoms with van der Waals surface area (Å²) in [4.78, 5) is 0. The second-order valence-corrected chi connectivity index (χ2v) is 4.56. The van der Waals surface area contributed by atoms with Gasteiger partial charge in [0.05, 0.1) is 7.11 Å². The minimum Gasteiger partial charge on any atom is -0.496 e. The zero-order valence-electron chi connectivity index (χ0n) is 11.2. The highest BCUT2D eigenvalue weighted by atomic mass is 35.5. The average Bonchev–Trinajstić information content (AvgIpc) is 2.27. The maximum atomic E-state index is 5.85. The van der Waals surface area contributed by atoms with Crippen molar-refractivity contribution in [1.29, 1.82) is 0 Å². The number of hydrogen-bond donors (Lipinski definition) is 1. The molecule has 0 bridgehead atoms. The topological polar surface area (TPSA) is 35.2 Å². The van der Waals surface area contributed by atoms with Crippen molar-refractivity contribution < 1.29 is 4.74 Å². The Kier molecular flexibility index (Phi) is 7.24. The van der Waals surface area contributed by atoms with Gasteiger partial charge in [0, 0.05) is 6.04 Å². The van der Waals surface area contributed by atoms with E-state index in [0.717, 1.165) is 18.6 Å². The SMILES string of the molecule is CCC(C)c1ccc(OC)c(CC(C)N)c1.Cl. The highest BCUT2D eigenvalue weighted by Gasteiger charge is 2.09. The Balaban J connectivity index is 0.00000256. The Morgan fingerprint density at radius 1 is 1.29 bits per heavy atom. The normalized spacial score (nSPS) is 13.7. The first-order chi connectivity index (χ1) is 7.58. The van der Waals surface area contributed by atoms with E-state index in [4.69, 9.17) is 10.5 Å². The third-order valence-electron chi connectivity index (χ3n) is 3.03. The van der Waals surface area contributed by atoms with Crippen LogP contribution in [0.25, 0.3) is 0 Å². The molecule has 2 unspecified atom stereocenters. The van der Waals surface area contributed by atoms with Gasteiger partial charge in [0.25, 0.3) is 0 Å². The summed E-state index contributed by atoms with van der Waals surface area (Å²) in [6.07, 6.45) is 2.03. The fourth-order valence-electron chi connectivity index (χ4n) is 1.85. The molecule has 0 aromatic heterocycles. The molecule has 3 heteroatoms. The number of ether oxygens (including phenoxy) is 1. The van der Waals surface area contributed by atoms with Crippen LogP contribution in [-0.4, -0.2) is 13.2 Å². The van der Waals surface area contributed by atoms with Gasteiger partial charge in [-0.25, -0.2) is 0 Å². The van der Waals surface area contributed by atoms with Crippen LogP contribution in [0.15, 0.2) is 18.2 Å². The average molecular weight is 258 g/mol. The number of rotatable bonds is 5. The van der Waals surface area contributed by atoms with E-state index in [1.165, 1.54) is 11.1 Å². The monoisotopic (exact) mass is 257 g/mol. The van der Waals surface area contributed by atoms with Gasteiger partial charge in [0.1, 0.15) is 5.75 Å². The van der Waals surface area contributed by atoms with E-state index < -0.39 is 0 Å². The molecule has 17 heavy (non-hydrogen) atoms. The Morgan fingerprint density at radius 3 is 2.41 bits per heavy atom. The van der Waals surface area contributed by atoms with E-state index in [1.807, 2.05) is 6.92 Å². The fraction of sp³-hybridized carbons (Fsp3) is 0.571. The lowest BCUT2D eigenvalue weighted by Crippen LogP contribution is -2.18. The second kappa shape index (κ2) is 7.57. The van der Waals surface area contributed by atoms with E-state index in [1.54, 1.807) is 7.11 Å². The van der Waals surface area contributed by atoms with Gasteiger partial charge in [-0.05, 0) is 42.9 Å². The largest absolute Gasteiger partial charge is 0.496 e. The number of benzene rings is 1. The maximum absolute atomic E-state index is 5.85. The Morgan fingerprint density at radius 2 is 1.94 bits per heavy atom. The Hall–Kier alpha value is -0.730. The predicted octanol–water partition coefficient (Wildman–Crippen LogP) is 3.52. The fourth-order valence-corrected chi connectivity index (χ4v) is 1.85. The quantitative estimate of drug-likeness (QED) is 0.876. The van der Waals surface area contributed by atoms with Crippen LogP contribution < -0.4 is 10.5 Å². The van der Waals surface area contributed by atoms with Crippen LogP contribution >= 0.6 is 12.4 Å². The van der Waals surface area contributed by atoms with Crippen molar-refractivity contribution in [2.45, 2.75) is 45.6 Å². The molecular weight excluding hydrogens is 234 g/mol. The Labute approximate surface area is 111 Å². The van der Waals surface area contributed by atoms with Gasteiger partial charge in [-0.15, -0.1) is 12.4 Å². The molecule has 0 aliphatic rings. The maximum Gasteiger partial charge on any atom is 0.122 e. The van der Waals surface area contributed by atoms with Gasteiger partial charge in [0.15, 0.2) is 0 Å². The van der Waals surface area contributed by atoms with Gasteiger partial charge in [-0.1, -0.05) is 26.0 Å². The van der Waals surface area contributed by atoms with Gasteiger partial charge < -0.3 is 10.5 Å². The summed E-state index contributed by atoms with van der Waals surface area (Å²) in [6, 6.07) is 6.61. The number of hydrogen-bond acceptors (Lipinski definition) is 2. The second-order valence-electron chi connectivity index (χ2n) is 4.56. The number of halogens is 1. The molecule has 0 amide bonds. The zero-order valence-corrected chi connectivity index (χ0v) is 12.0. The third kappa shape index (κ3) is 4.57. The summed E-state index contributed by atoms with van der Waals surface area (Å²) in [7, 11) is 1.71. The van der Waals surface area contributed by atoms with E-state index in [-0.39, 0.29) is 18.4 Å². The lowest BCUT2D eigenvalue weighted by atomic mass is 9.94. The first-order valence-corrected chi connectivity index (χ1v) is 6.00. The van der Waals surface area contributed by atoms with Crippen LogP contribution in [0.3, 0.4) is 0 Å². The molecule has 0 saturated heterocycles. The number of methoxy groups -OCH3 is 1. The lowest BCUT2D eigenvalue weighted by Gasteiger charge is -2.15. The number of nitrogens with two attached hydrogens (primary N) is 1. The van der Waals surface area contributed by atoms with E-state index in [0.29, 0.717) is 5.92 Å². The molecule has 2 nitrogen and oxygen atoms in total. The van der Waals surface area contributed by atoms with E-state index in [2.05, 4.69) is 32.0 Å². The first-order valence-electron chi connectivity index (χ1n) is 6.00. The molecule has 0 spiro atoms. The molecule has 0 radical (unpaired) electrons. The molecule has 0 heterocycles. The van der Waals surface area contributed by atoms with Crippen LogP contribution in [-0.2, 0) is 6.42 Å². The summed E-state index contributed by atoms with van der Waals surface area (Å²) in [5, 5.41) is 0. The molecule has 2 atom stereocenters. The van der Waals surface area contributed by atoms with Crippen LogP contribution in [0.1, 0.15) is 44.2 Å². The molecule has 1 aromatic carbocycles. The molecule has 1 aromatic rings. The molecule has 0 aliphatic heterocycles. The van der Waals surface area contributed by atoms with Crippen molar-refractivity contribution in [1.82, 2.24) is 0 Å². The van der Waals surface area contributed by atoms with Gasteiger partial charge >= 0.3 is 0 Å². The summed E-state index contributed by atoms with van der Waals surface area (Å²) >= 11 is 0. The van der Waals surface area contributed by atoms with Crippen LogP contribution in [0.5, 0.6) is 5.75 Å². The smallest absolute Gasteiger partial charge is 0.122 e. The minimum absolute atomic E-state index is 0. The van der Waals surface area contributed by atoms with Gasteiger partial charge in [-0.2, -0.15) is 0 Å². The lowest BCUT2D eigenvalue weighted by molar-refractivity contribution is 0.408. The van der Waals surface area contributed by atoms with E-state index >= 15 is 0 Å². The molecule has 0 aliphatic carbocycles. The van der Waals surface area contributed by atoms with Crippen molar-refractivity contribution in [2.24, 2.45) is 5.73 Å². The molecule has 2 N–H and O–H groups in total. The molecule has 0 fully saturated rings. The van der Waals surface area contributed by atoms with E-state index in [9.17, 15) is 0 Å². The molecule has 0 saturated carbocycles. The third-order valence-corrected chi connectivity index (χ3v) is 3.03. The minimum atomic E-state index is 0. The van der Waals surface area contributed by atoms with Crippen molar-refractivity contribution in [2.75, 3.05) is 7.11 Å². The van der Waals surface area contributed by atoms with Crippen molar-refractivity contribution in [3.63, 3.8) is 0 Å². The van der Waals surface area contributed by atoms with Crippen LogP contribution in [0, 0.1) is 0 Å². The van der Waals surface area contributed by atoms with Crippen molar-refractivity contribution in [3.05, 3.63) is 29.3 Å². The molecule has 98 valence electrons. The first kappa shape index (κ1) is 16.3. The predicted molar refractivity (Wildman–Crippen MR) is 76.3 cm³/mol. The zero-order chi connectivity index (χ0) is 12.1. The summed E-state index contributed by atoms with van der Waals surface area (Å²) in [5.41, 5.74) is 8.44. The summed E-state index contributed by atoms with van der Waals surface area (Å²) < 4.78 is 5.36. The van der Waals surface area contributed by atoms with Crippen LogP contribution in [0.2, 0.25) is 0 Å². The molecular formula is C14H24ClNO. The Bertz CT molecular complexity index is 339. The summed E-state index contributed by atoms with van der Waals surface area (Å²) in [6.45, 7) is 6.48. The highest BCUT2D eigenvalue weighted by molar-refractivity contribution is 5.85. The van der Waals surface area contributed by atoms with Gasteiger partial charge in [-0.3, -0.25) is 0 Å². The standard InChI is InChI=1S/C14H23NO.ClH/c1-5-10(2)12-6-7-14(16-4)13(9-12)8-11(3)15;/h6-7,9-11H,5,8,15H2,1-4H3;1H. The van der Waals surface area contributed by atoms with Gasteiger partial charge in [0.2, 0.25) is 0 Å².